The second kappa shape index (κ2) is 6.15. The van der Waals surface area contributed by atoms with Crippen molar-refractivity contribution < 1.29 is 19.1 Å². The molecule has 90 valence electrons. The number of methoxy groups -OCH3 is 1. The molecule has 0 fully saturated rings. The van der Waals surface area contributed by atoms with E-state index in [-0.39, 0.29) is 18.6 Å². The third-order valence-electron chi connectivity index (χ3n) is 2.07. The number of benzene rings is 1. The summed E-state index contributed by atoms with van der Waals surface area (Å²) in [5.41, 5.74) is 0.357. The Morgan fingerprint density at radius 3 is 2.53 bits per heavy atom. The van der Waals surface area contributed by atoms with Gasteiger partial charge in [-0.25, -0.2) is 0 Å². The van der Waals surface area contributed by atoms with Crippen molar-refractivity contribution in [2.75, 3.05) is 7.11 Å². The summed E-state index contributed by atoms with van der Waals surface area (Å²) < 4.78 is 4.34. The van der Waals surface area contributed by atoms with Crippen molar-refractivity contribution in [3.63, 3.8) is 0 Å². The zero-order valence-electron chi connectivity index (χ0n) is 9.23. The molecule has 1 aromatic carbocycles. The molecule has 0 atom stereocenters. The summed E-state index contributed by atoms with van der Waals surface area (Å²) in [4.78, 5) is 33.8. The van der Waals surface area contributed by atoms with E-state index in [1.807, 2.05) is 0 Å². The van der Waals surface area contributed by atoms with Crippen LogP contribution in [0.25, 0.3) is 0 Å². The Hall–Kier alpha value is -1.68. The average Bonchev–Trinajstić information content (AvgIpc) is 2.28. The van der Waals surface area contributed by atoms with Gasteiger partial charge >= 0.3 is 5.97 Å². The van der Waals surface area contributed by atoms with Crippen LogP contribution in [0.5, 0.6) is 0 Å². The van der Waals surface area contributed by atoms with Crippen LogP contribution in [-0.2, 0) is 14.3 Å². The lowest BCUT2D eigenvalue weighted by molar-refractivity contribution is -0.143. The normalized spacial score (nSPS) is 9.76. The van der Waals surface area contributed by atoms with E-state index < -0.39 is 11.8 Å². The second-order valence-corrected chi connectivity index (χ2v) is 3.84. The third kappa shape index (κ3) is 4.36. The van der Waals surface area contributed by atoms with Gasteiger partial charge in [-0.1, -0.05) is 23.7 Å². The van der Waals surface area contributed by atoms with Crippen LogP contribution in [0.4, 0.5) is 0 Å². The molecule has 1 rings (SSSR count). The van der Waals surface area contributed by atoms with Gasteiger partial charge in [-0.2, -0.15) is 0 Å². The van der Waals surface area contributed by atoms with E-state index in [0.717, 1.165) is 0 Å². The van der Waals surface area contributed by atoms with Crippen LogP contribution < -0.4 is 0 Å². The topological polar surface area (TPSA) is 60.4 Å². The Bertz CT molecular complexity index is 454. The van der Waals surface area contributed by atoms with Crippen LogP contribution >= 0.6 is 11.6 Å². The molecule has 0 aliphatic heterocycles. The Kier molecular flexibility index (Phi) is 4.84. The van der Waals surface area contributed by atoms with Gasteiger partial charge in [0.15, 0.2) is 11.6 Å². The van der Waals surface area contributed by atoms with Crippen LogP contribution in [0.1, 0.15) is 23.2 Å². The van der Waals surface area contributed by atoms with Gasteiger partial charge in [-0.05, 0) is 12.1 Å². The van der Waals surface area contributed by atoms with Gasteiger partial charge in [-0.15, -0.1) is 0 Å². The van der Waals surface area contributed by atoms with Crippen molar-refractivity contribution in [1.82, 2.24) is 0 Å². The molecule has 0 N–H and O–H groups in total. The second-order valence-electron chi connectivity index (χ2n) is 3.40. The fourth-order valence-electron chi connectivity index (χ4n) is 1.24. The first kappa shape index (κ1) is 13.4. The largest absolute Gasteiger partial charge is 0.469 e. The highest BCUT2D eigenvalue weighted by Gasteiger charge is 2.15. The first-order valence-corrected chi connectivity index (χ1v) is 5.28. The van der Waals surface area contributed by atoms with Crippen LogP contribution in [-0.4, -0.2) is 24.6 Å². The minimum absolute atomic E-state index is 0.324. The van der Waals surface area contributed by atoms with E-state index in [4.69, 9.17) is 11.6 Å². The highest BCUT2D eigenvalue weighted by Crippen LogP contribution is 2.12. The number of carbonyl (C=O) groups is 3. The van der Waals surface area contributed by atoms with Gasteiger partial charge in [-0.3, -0.25) is 14.4 Å². The number of ketones is 2. The van der Waals surface area contributed by atoms with Crippen molar-refractivity contribution >= 4 is 29.1 Å². The number of hydrogen-bond donors (Lipinski definition) is 0. The van der Waals surface area contributed by atoms with E-state index >= 15 is 0 Å². The van der Waals surface area contributed by atoms with E-state index in [1.165, 1.54) is 13.2 Å². The predicted octanol–water partition coefficient (Wildman–Crippen LogP) is 2.04. The molecule has 0 saturated heterocycles. The van der Waals surface area contributed by atoms with Gasteiger partial charge < -0.3 is 4.74 Å². The molecule has 4 nitrogen and oxygen atoms in total. The predicted molar refractivity (Wildman–Crippen MR) is 62.0 cm³/mol. The number of rotatable bonds is 5. The summed E-state index contributed by atoms with van der Waals surface area (Å²) in [6.45, 7) is 0. The molecule has 0 aromatic heterocycles. The molecule has 0 aliphatic carbocycles. The maximum Gasteiger partial charge on any atom is 0.313 e. The van der Waals surface area contributed by atoms with Crippen molar-refractivity contribution in [1.29, 1.82) is 0 Å². The minimum Gasteiger partial charge on any atom is -0.469 e. The van der Waals surface area contributed by atoms with Crippen LogP contribution in [0, 0.1) is 0 Å². The molecule has 1 aromatic rings. The molecule has 17 heavy (non-hydrogen) atoms. The van der Waals surface area contributed by atoms with E-state index in [1.54, 1.807) is 18.2 Å². The molecule has 0 bridgehead atoms. The highest BCUT2D eigenvalue weighted by molar-refractivity contribution is 6.31. The first-order valence-electron chi connectivity index (χ1n) is 4.90. The fraction of sp³-hybridized carbons (Fsp3) is 0.250. The van der Waals surface area contributed by atoms with Crippen molar-refractivity contribution in [2.45, 2.75) is 12.8 Å². The van der Waals surface area contributed by atoms with Gasteiger partial charge in [0.05, 0.1) is 13.5 Å². The zero-order chi connectivity index (χ0) is 12.8. The molecule has 0 radical (unpaired) electrons. The molecule has 0 saturated carbocycles. The van der Waals surface area contributed by atoms with Gasteiger partial charge in [0.25, 0.3) is 0 Å². The number of ether oxygens (including phenoxy) is 1. The molecule has 0 amide bonds. The molecule has 5 heteroatoms. The molecule has 0 unspecified atom stereocenters. The number of carbonyl (C=O) groups excluding carboxylic acids is 3. The Morgan fingerprint density at radius 1 is 1.24 bits per heavy atom. The quantitative estimate of drug-likeness (QED) is 0.458. The lowest BCUT2D eigenvalue weighted by Crippen LogP contribution is -2.13. The Balaban J connectivity index is 2.61. The van der Waals surface area contributed by atoms with E-state index in [2.05, 4.69) is 4.74 Å². The first-order chi connectivity index (χ1) is 8.02. The molecule has 0 aliphatic rings. The molecule has 0 spiro atoms. The Labute approximate surface area is 104 Å². The SMILES string of the molecule is COC(=O)CC(=O)CC(=O)c1cccc(Cl)c1. The summed E-state index contributed by atoms with van der Waals surface area (Å²) >= 11 is 5.72. The summed E-state index contributed by atoms with van der Waals surface area (Å²) in [5.74, 6) is -1.47. The van der Waals surface area contributed by atoms with Crippen molar-refractivity contribution in [3.05, 3.63) is 34.9 Å². The number of esters is 1. The minimum atomic E-state index is -0.645. The lowest BCUT2D eigenvalue weighted by atomic mass is 10.0. The Morgan fingerprint density at radius 2 is 1.94 bits per heavy atom. The van der Waals surface area contributed by atoms with Crippen LogP contribution in [0.3, 0.4) is 0 Å². The molecular formula is C12H11ClO4. The van der Waals surface area contributed by atoms with Crippen molar-refractivity contribution in [3.8, 4) is 0 Å². The van der Waals surface area contributed by atoms with Gasteiger partial charge in [0, 0.05) is 10.6 Å². The molecular weight excluding hydrogens is 244 g/mol. The van der Waals surface area contributed by atoms with Crippen molar-refractivity contribution in [2.24, 2.45) is 0 Å². The van der Waals surface area contributed by atoms with E-state index in [0.29, 0.717) is 10.6 Å². The average molecular weight is 255 g/mol. The maximum atomic E-state index is 11.6. The summed E-state index contributed by atoms with van der Waals surface area (Å²) in [6, 6.07) is 6.31. The smallest absolute Gasteiger partial charge is 0.313 e. The standard InChI is InChI=1S/C12H11ClO4/c1-17-12(16)7-10(14)6-11(15)8-3-2-4-9(13)5-8/h2-5H,6-7H2,1H3. The zero-order valence-corrected chi connectivity index (χ0v) is 9.99. The number of Topliss-reactive ketones (excluding diaryl/α,β-unsaturated/α-hetero) is 2. The third-order valence-corrected chi connectivity index (χ3v) is 2.31. The molecule has 0 heterocycles. The van der Waals surface area contributed by atoms with E-state index in [9.17, 15) is 14.4 Å². The van der Waals surface area contributed by atoms with Gasteiger partial charge in [0.2, 0.25) is 0 Å². The highest BCUT2D eigenvalue weighted by atomic mass is 35.5. The van der Waals surface area contributed by atoms with Crippen LogP contribution in [0.2, 0.25) is 5.02 Å². The number of hydrogen-bond acceptors (Lipinski definition) is 4. The number of halogens is 1. The maximum absolute atomic E-state index is 11.6. The van der Waals surface area contributed by atoms with Gasteiger partial charge in [0.1, 0.15) is 6.42 Å². The van der Waals surface area contributed by atoms with Crippen LogP contribution in [0.15, 0.2) is 24.3 Å². The fourth-order valence-corrected chi connectivity index (χ4v) is 1.43. The monoisotopic (exact) mass is 254 g/mol. The summed E-state index contributed by atoms with van der Waals surface area (Å²) in [5, 5.41) is 0.427. The summed E-state index contributed by atoms with van der Waals surface area (Å²) in [7, 11) is 1.19. The summed E-state index contributed by atoms with van der Waals surface area (Å²) in [6.07, 6.45) is -0.710. The lowest BCUT2D eigenvalue weighted by Gasteiger charge is -2.01.